The topological polar surface area (TPSA) is 69.2 Å². The first-order valence-electron chi connectivity index (χ1n) is 9.69. The minimum atomic E-state index is -0.0526. The van der Waals surface area contributed by atoms with Crippen LogP contribution < -0.4 is 10.2 Å². The molecule has 1 saturated heterocycles. The number of aromatic amines is 1. The maximum absolute atomic E-state index is 12.4. The summed E-state index contributed by atoms with van der Waals surface area (Å²) in [5, 5.41) is 12.0. The molecule has 3 heterocycles. The van der Waals surface area contributed by atoms with Gasteiger partial charge in [-0.15, -0.1) is 11.3 Å². The summed E-state index contributed by atoms with van der Waals surface area (Å²) in [5.41, 5.74) is 1.28. The van der Waals surface area contributed by atoms with Gasteiger partial charge in [-0.25, -0.2) is 0 Å². The summed E-state index contributed by atoms with van der Waals surface area (Å²) in [6, 6.07) is 14.4. The molecule has 7 nitrogen and oxygen atoms in total. The van der Waals surface area contributed by atoms with Crippen LogP contribution in [0.2, 0.25) is 0 Å². The zero-order chi connectivity index (χ0) is 20.1. The maximum atomic E-state index is 12.4. The Bertz CT molecular complexity index is 974. The number of H-pyrrole nitrogens is 1. The van der Waals surface area contributed by atoms with E-state index >= 15 is 0 Å². The van der Waals surface area contributed by atoms with E-state index in [1.807, 2.05) is 23.6 Å². The van der Waals surface area contributed by atoms with E-state index in [0.29, 0.717) is 17.1 Å². The molecular weight excluding hydrogens is 404 g/mol. The fourth-order valence-electron chi connectivity index (χ4n) is 3.48. The minimum absolute atomic E-state index is 0.0526. The number of carbonyl (C=O) groups excluding carboxylic acids is 1. The molecule has 29 heavy (non-hydrogen) atoms. The largest absolute Gasteiger partial charge is 0.369 e. The quantitative estimate of drug-likeness (QED) is 0.566. The molecule has 3 aromatic rings. The van der Waals surface area contributed by atoms with E-state index in [9.17, 15) is 4.79 Å². The Kier molecular flexibility index (Phi) is 6.38. The third kappa shape index (κ3) is 4.92. The van der Waals surface area contributed by atoms with Crippen molar-refractivity contribution in [1.82, 2.24) is 25.0 Å². The SMILES string of the molecule is O=C(Cn1c(-c2cccs2)n[nH]c1=S)NCCN1CCN(c2ccccc2)CC1. The fraction of sp³-hybridized carbons (Fsp3) is 0.350. The lowest BCUT2D eigenvalue weighted by atomic mass is 10.2. The predicted molar refractivity (Wildman–Crippen MR) is 119 cm³/mol. The van der Waals surface area contributed by atoms with Crippen LogP contribution >= 0.6 is 23.6 Å². The lowest BCUT2D eigenvalue weighted by molar-refractivity contribution is -0.121. The number of hydrogen-bond donors (Lipinski definition) is 2. The molecule has 9 heteroatoms. The Labute approximate surface area is 179 Å². The molecule has 0 unspecified atom stereocenters. The number of hydrogen-bond acceptors (Lipinski definition) is 6. The van der Waals surface area contributed by atoms with E-state index in [1.165, 1.54) is 5.69 Å². The van der Waals surface area contributed by atoms with E-state index < -0.39 is 0 Å². The van der Waals surface area contributed by atoms with E-state index in [1.54, 1.807) is 15.9 Å². The molecule has 0 spiro atoms. The Morgan fingerprint density at radius 3 is 2.66 bits per heavy atom. The third-order valence-electron chi connectivity index (χ3n) is 5.05. The lowest BCUT2D eigenvalue weighted by Gasteiger charge is -2.36. The van der Waals surface area contributed by atoms with Gasteiger partial charge in [0.25, 0.3) is 0 Å². The van der Waals surface area contributed by atoms with Crippen LogP contribution in [0, 0.1) is 4.77 Å². The zero-order valence-corrected chi connectivity index (χ0v) is 17.7. The van der Waals surface area contributed by atoms with Crippen molar-refractivity contribution in [3.8, 4) is 10.7 Å². The van der Waals surface area contributed by atoms with Gasteiger partial charge in [-0.1, -0.05) is 24.3 Å². The van der Waals surface area contributed by atoms with Crippen LogP contribution in [0.4, 0.5) is 5.69 Å². The van der Waals surface area contributed by atoms with Gasteiger partial charge < -0.3 is 10.2 Å². The monoisotopic (exact) mass is 428 g/mol. The van der Waals surface area contributed by atoms with E-state index in [4.69, 9.17) is 12.2 Å². The number of benzene rings is 1. The number of carbonyl (C=O) groups is 1. The number of thiophene rings is 1. The average molecular weight is 429 g/mol. The second-order valence-electron chi connectivity index (χ2n) is 6.93. The highest BCUT2D eigenvalue weighted by molar-refractivity contribution is 7.71. The number of piperazine rings is 1. The van der Waals surface area contributed by atoms with Crippen LogP contribution in [0.3, 0.4) is 0 Å². The molecule has 0 bridgehead atoms. The summed E-state index contributed by atoms with van der Waals surface area (Å²) >= 11 is 6.86. The standard InChI is InChI=1S/C20H24N6OS2/c27-18(15-26-19(22-23-20(26)28)17-7-4-14-29-17)21-8-9-24-10-12-25(13-11-24)16-5-2-1-3-6-16/h1-7,14H,8-13,15H2,(H,21,27)(H,23,28). The van der Waals surface area contributed by atoms with Crippen LogP contribution in [0.1, 0.15) is 0 Å². The van der Waals surface area contributed by atoms with Gasteiger partial charge in [-0.3, -0.25) is 19.4 Å². The number of anilines is 1. The molecule has 4 rings (SSSR count). The Morgan fingerprint density at radius 1 is 1.14 bits per heavy atom. The van der Waals surface area contributed by atoms with Crippen LogP contribution in [0.25, 0.3) is 10.7 Å². The summed E-state index contributed by atoms with van der Waals surface area (Å²) in [7, 11) is 0. The molecule has 1 fully saturated rings. The number of nitrogens with one attached hydrogen (secondary N) is 2. The highest BCUT2D eigenvalue weighted by Gasteiger charge is 2.17. The highest BCUT2D eigenvalue weighted by atomic mass is 32.1. The van der Waals surface area contributed by atoms with Crippen molar-refractivity contribution in [3.63, 3.8) is 0 Å². The maximum Gasteiger partial charge on any atom is 0.240 e. The van der Waals surface area contributed by atoms with Gasteiger partial charge in [0.1, 0.15) is 6.54 Å². The van der Waals surface area contributed by atoms with E-state index in [-0.39, 0.29) is 12.5 Å². The molecule has 0 atom stereocenters. The highest BCUT2D eigenvalue weighted by Crippen LogP contribution is 2.22. The van der Waals surface area contributed by atoms with Gasteiger partial charge in [0.05, 0.1) is 4.88 Å². The van der Waals surface area contributed by atoms with Crippen LogP contribution in [0.5, 0.6) is 0 Å². The second-order valence-corrected chi connectivity index (χ2v) is 8.26. The molecule has 2 aromatic heterocycles. The molecule has 0 aliphatic carbocycles. The first-order chi connectivity index (χ1) is 14.2. The lowest BCUT2D eigenvalue weighted by Crippen LogP contribution is -2.48. The van der Waals surface area contributed by atoms with Gasteiger partial charge in [-0.05, 0) is 35.8 Å². The summed E-state index contributed by atoms with van der Waals surface area (Å²) < 4.78 is 2.20. The second kappa shape index (κ2) is 9.34. The smallest absolute Gasteiger partial charge is 0.240 e. The average Bonchev–Trinajstić information content (AvgIpc) is 3.40. The van der Waals surface area contributed by atoms with E-state index in [2.05, 4.69) is 49.6 Å². The third-order valence-corrected chi connectivity index (χ3v) is 6.22. The summed E-state index contributed by atoms with van der Waals surface area (Å²) in [6.45, 7) is 5.66. The van der Waals surface area contributed by atoms with Gasteiger partial charge in [0.15, 0.2) is 10.6 Å². The van der Waals surface area contributed by atoms with Gasteiger partial charge in [0.2, 0.25) is 5.91 Å². The van der Waals surface area contributed by atoms with Crippen molar-refractivity contribution in [2.45, 2.75) is 6.54 Å². The Hall–Kier alpha value is -2.49. The summed E-state index contributed by atoms with van der Waals surface area (Å²) in [5.74, 6) is 0.653. The first-order valence-corrected chi connectivity index (χ1v) is 11.0. The number of nitrogens with zero attached hydrogens (tertiary/aromatic N) is 4. The Balaban J connectivity index is 1.23. The molecular formula is C20H24N6OS2. The Morgan fingerprint density at radius 2 is 1.93 bits per heavy atom. The molecule has 1 aromatic carbocycles. The molecule has 2 N–H and O–H groups in total. The zero-order valence-electron chi connectivity index (χ0n) is 16.1. The van der Waals surface area contributed by atoms with Crippen molar-refractivity contribution < 1.29 is 4.79 Å². The fourth-order valence-corrected chi connectivity index (χ4v) is 4.40. The van der Waals surface area contributed by atoms with Crippen molar-refractivity contribution >= 4 is 35.1 Å². The van der Waals surface area contributed by atoms with Crippen LogP contribution in [-0.2, 0) is 11.3 Å². The molecule has 1 aliphatic heterocycles. The van der Waals surface area contributed by atoms with Crippen molar-refractivity contribution in [2.24, 2.45) is 0 Å². The van der Waals surface area contributed by atoms with Crippen molar-refractivity contribution in [2.75, 3.05) is 44.2 Å². The van der Waals surface area contributed by atoms with Crippen molar-refractivity contribution in [1.29, 1.82) is 0 Å². The molecule has 1 aliphatic rings. The minimum Gasteiger partial charge on any atom is -0.369 e. The number of rotatable bonds is 7. The number of aromatic nitrogens is 3. The summed E-state index contributed by atoms with van der Waals surface area (Å²) in [6.07, 6.45) is 0. The number of amides is 1. The number of para-hydroxylation sites is 1. The predicted octanol–water partition coefficient (Wildman–Crippen LogP) is 2.61. The van der Waals surface area contributed by atoms with Gasteiger partial charge in [-0.2, -0.15) is 5.10 Å². The molecule has 0 saturated carbocycles. The van der Waals surface area contributed by atoms with Gasteiger partial charge in [0, 0.05) is 45.0 Å². The normalized spacial score (nSPS) is 14.8. The first kappa shape index (κ1) is 19.8. The van der Waals surface area contributed by atoms with E-state index in [0.717, 1.165) is 37.6 Å². The van der Waals surface area contributed by atoms with Crippen molar-refractivity contribution in [3.05, 3.63) is 52.6 Å². The van der Waals surface area contributed by atoms with Crippen LogP contribution in [-0.4, -0.2) is 64.8 Å². The van der Waals surface area contributed by atoms with Crippen LogP contribution in [0.15, 0.2) is 47.8 Å². The summed E-state index contributed by atoms with van der Waals surface area (Å²) in [4.78, 5) is 18.2. The molecule has 152 valence electrons. The molecule has 0 radical (unpaired) electrons. The molecule has 1 amide bonds. The van der Waals surface area contributed by atoms with Gasteiger partial charge >= 0.3 is 0 Å².